The van der Waals surface area contributed by atoms with Gasteiger partial charge in [0.25, 0.3) is 17.5 Å². The summed E-state index contributed by atoms with van der Waals surface area (Å²) in [5.74, 6) is 0.853. The van der Waals surface area contributed by atoms with E-state index in [1.807, 2.05) is 6.92 Å². The van der Waals surface area contributed by atoms with Gasteiger partial charge in [0.2, 0.25) is 0 Å². The second kappa shape index (κ2) is 14.0. The number of ether oxygens (including phenoxy) is 4. The number of non-ortho nitro benzene ring substituents is 1. The van der Waals surface area contributed by atoms with Crippen molar-refractivity contribution in [2.24, 2.45) is 5.10 Å². The van der Waals surface area contributed by atoms with Crippen LogP contribution in [0.2, 0.25) is 0 Å². The van der Waals surface area contributed by atoms with Crippen LogP contribution in [0.1, 0.15) is 28.4 Å². The maximum absolute atomic E-state index is 12.4. The molecule has 0 radical (unpaired) electrons. The quantitative estimate of drug-likeness (QED) is 0.191. The summed E-state index contributed by atoms with van der Waals surface area (Å²) in [7, 11) is 2.96. The van der Waals surface area contributed by atoms with E-state index < -0.39 is 16.7 Å². The van der Waals surface area contributed by atoms with Crippen LogP contribution < -0.4 is 29.7 Å². The van der Waals surface area contributed by atoms with Gasteiger partial charge in [0, 0.05) is 17.7 Å². The van der Waals surface area contributed by atoms with Crippen molar-refractivity contribution in [2.75, 3.05) is 27.4 Å². The number of nitrogens with one attached hydrogen (secondary N) is 2. The minimum atomic E-state index is -0.520. The van der Waals surface area contributed by atoms with Gasteiger partial charge in [-0.25, -0.2) is 5.43 Å². The lowest BCUT2D eigenvalue weighted by Gasteiger charge is -2.12. The lowest BCUT2D eigenvalue weighted by molar-refractivity contribution is -0.384. The molecule has 0 spiro atoms. The molecule has 0 fully saturated rings. The number of rotatable bonds is 13. The van der Waals surface area contributed by atoms with E-state index in [1.165, 1.54) is 38.6 Å². The average molecular weight is 537 g/mol. The summed E-state index contributed by atoms with van der Waals surface area (Å²) in [4.78, 5) is 34.8. The number of carbonyl (C=O) groups excluding carboxylic acids is 2. The van der Waals surface area contributed by atoms with Crippen molar-refractivity contribution in [1.82, 2.24) is 10.7 Å². The third-order valence-corrected chi connectivity index (χ3v) is 5.27. The minimum Gasteiger partial charge on any atom is -0.493 e. The maximum Gasteiger partial charge on any atom is 0.269 e. The van der Waals surface area contributed by atoms with Crippen molar-refractivity contribution >= 4 is 23.7 Å². The van der Waals surface area contributed by atoms with E-state index in [-0.39, 0.29) is 18.8 Å². The van der Waals surface area contributed by atoms with Gasteiger partial charge in [-0.1, -0.05) is 0 Å². The molecule has 0 aliphatic heterocycles. The fourth-order valence-corrected chi connectivity index (χ4v) is 3.33. The molecule has 0 heterocycles. The van der Waals surface area contributed by atoms with Gasteiger partial charge in [0.05, 0.1) is 38.5 Å². The van der Waals surface area contributed by atoms with E-state index in [2.05, 4.69) is 15.8 Å². The first-order valence-electron chi connectivity index (χ1n) is 11.8. The smallest absolute Gasteiger partial charge is 0.269 e. The first kappa shape index (κ1) is 28.4. The molecule has 12 heteroatoms. The Morgan fingerprint density at radius 1 is 0.923 bits per heavy atom. The zero-order chi connectivity index (χ0) is 28.2. The second-order valence-corrected chi connectivity index (χ2v) is 7.90. The number of benzene rings is 3. The topological polar surface area (TPSA) is 151 Å². The highest BCUT2D eigenvalue weighted by Crippen LogP contribution is 2.29. The van der Waals surface area contributed by atoms with Gasteiger partial charge >= 0.3 is 0 Å². The van der Waals surface area contributed by atoms with Crippen molar-refractivity contribution in [2.45, 2.75) is 13.5 Å². The number of nitro groups is 1. The zero-order valence-electron chi connectivity index (χ0n) is 21.6. The highest BCUT2D eigenvalue weighted by molar-refractivity contribution is 5.97. The molecule has 39 heavy (non-hydrogen) atoms. The highest BCUT2D eigenvalue weighted by Gasteiger charge is 2.12. The first-order valence-corrected chi connectivity index (χ1v) is 11.8. The van der Waals surface area contributed by atoms with Crippen LogP contribution in [-0.2, 0) is 11.4 Å². The van der Waals surface area contributed by atoms with E-state index in [4.69, 9.17) is 18.9 Å². The van der Waals surface area contributed by atoms with Crippen LogP contribution >= 0.6 is 0 Å². The van der Waals surface area contributed by atoms with Gasteiger partial charge < -0.3 is 24.3 Å². The summed E-state index contributed by atoms with van der Waals surface area (Å²) in [6, 6.07) is 15.9. The van der Waals surface area contributed by atoms with Crippen LogP contribution in [0, 0.1) is 10.1 Å². The van der Waals surface area contributed by atoms with E-state index in [9.17, 15) is 19.7 Å². The van der Waals surface area contributed by atoms with Gasteiger partial charge in [-0.2, -0.15) is 5.10 Å². The van der Waals surface area contributed by atoms with E-state index in [1.54, 1.807) is 42.5 Å². The minimum absolute atomic E-state index is 0.00442. The summed E-state index contributed by atoms with van der Waals surface area (Å²) in [5.41, 5.74) is 4.06. The maximum atomic E-state index is 12.4. The number of methoxy groups -OCH3 is 2. The summed E-state index contributed by atoms with van der Waals surface area (Å²) >= 11 is 0. The molecule has 2 N–H and O–H groups in total. The van der Waals surface area contributed by atoms with Crippen LogP contribution in [0.5, 0.6) is 23.0 Å². The molecule has 204 valence electrons. The molecule has 0 bridgehead atoms. The molecule has 0 aliphatic rings. The van der Waals surface area contributed by atoms with Gasteiger partial charge in [-0.05, 0) is 66.6 Å². The molecule has 0 unspecified atom stereocenters. The largest absolute Gasteiger partial charge is 0.493 e. The molecule has 2 amide bonds. The molecule has 0 aliphatic carbocycles. The number of hydrogen-bond acceptors (Lipinski definition) is 9. The van der Waals surface area contributed by atoms with Crippen molar-refractivity contribution in [3.63, 3.8) is 0 Å². The Balaban J connectivity index is 1.53. The summed E-state index contributed by atoms with van der Waals surface area (Å²) < 4.78 is 21.8. The Labute approximate surface area is 224 Å². The number of amides is 2. The zero-order valence-corrected chi connectivity index (χ0v) is 21.6. The molecule has 3 aromatic carbocycles. The van der Waals surface area contributed by atoms with Crippen LogP contribution in [0.4, 0.5) is 5.69 Å². The predicted octanol–water partition coefficient (Wildman–Crippen LogP) is 3.47. The SMILES string of the molecule is CCOc1cc(C=NNC(=O)CNC(=O)c2ccc(OC)c(OC)c2)ccc1OCc1ccc([N+](=O)[O-])cc1. The lowest BCUT2D eigenvalue weighted by Crippen LogP contribution is -2.34. The number of hydrazone groups is 1. The van der Waals surface area contributed by atoms with Gasteiger partial charge in [0.1, 0.15) is 6.61 Å². The summed E-state index contributed by atoms with van der Waals surface area (Å²) in [6.07, 6.45) is 1.43. The molecular weight excluding hydrogens is 508 g/mol. The van der Waals surface area contributed by atoms with Crippen LogP contribution in [0.3, 0.4) is 0 Å². The van der Waals surface area contributed by atoms with E-state index >= 15 is 0 Å². The fourth-order valence-electron chi connectivity index (χ4n) is 3.33. The Hall–Kier alpha value is -5.13. The van der Waals surface area contributed by atoms with Crippen LogP contribution in [-0.4, -0.2) is 50.3 Å². The number of carbonyl (C=O) groups is 2. The Morgan fingerprint density at radius 3 is 2.31 bits per heavy atom. The molecule has 0 saturated carbocycles. The van der Waals surface area contributed by atoms with Crippen LogP contribution in [0.25, 0.3) is 0 Å². The Morgan fingerprint density at radius 2 is 1.64 bits per heavy atom. The van der Waals surface area contributed by atoms with E-state index in [0.717, 1.165) is 5.56 Å². The second-order valence-electron chi connectivity index (χ2n) is 7.90. The molecule has 12 nitrogen and oxygen atoms in total. The Bertz CT molecular complexity index is 1340. The molecule has 0 atom stereocenters. The summed E-state index contributed by atoms with van der Waals surface area (Å²) in [5, 5.41) is 17.2. The third kappa shape index (κ3) is 8.18. The van der Waals surface area contributed by atoms with Crippen molar-refractivity contribution < 1.29 is 33.5 Å². The Kier molecular flexibility index (Phi) is 10.2. The molecular formula is C27H28N4O8. The normalized spacial score (nSPS) is 10.5. The van der Waals surface area contributed by atoms with Crippen molar-refractivity contribution in [3.05, 3.63) is 87.5 Å². The number of hydrogen-bond donors (Lipinski definition) is 2. The third-order valence-electron chi connectivity index (χ3n) is 5.27. The number of nitrogens with zero attached hydrogens (tertiary/aromatic N) is 2. The van der Waals surface area contributed by atoms with Crippen LogP contribution in [0.15, 0.2) is 65.8 Å². The monoisotopic (exact) mass is 536 g/mol. The first-order chi connectivity index (χ1) is 18.8. The average Bonchev–Trinajstić information content (AvgIpc) is 2.95. The fraction of sp³-hybridized carbons (Fsp3) is 0.222. The predicted molar refractivity (Wildman–Crippen MR) is 143 cm³/mol. The van der Waals surface area contributed by atoms with Gasteiger partial charge in [0.15, 0.2) is 23.0 Å². The lowest BCUT2D eigenvalue weighted by atomic mass is 10.2. The van der Waals surface area contributed by atoms with Gasteiger partial charge in [-0.3, -0.25) is 19.7 Å². The van der Waals surface area contributed by atoms with Crippen molar-refractivity contribution in [3.8, 4) is 23.0 Å². The van der Waals surface area contributed by atoms with Gasteiger partial charge in [-0.15, -0.1) is 0 Å². The molecule has 3 aromatic rings. The number of nitro benzene ring substituents is 1. The molecule has 3 rings (SSSR count). The van der Waals surface area contributed by atoms with E-state index in [0.29, 0.717) is 40.7 Å². The standard InChI is InChI=1S/C27H28N4O8/c1-4-38-25-13-19(7-11-23(25)39-17-18-5-9-21(10-6-18)31(34)35)15-29-30-26(32)16-28-27(33)20-8-12-22(36-2)24(14-20)37-3/h5-15H,4,16-17H2,1-3H3,(H,28,33)(H,30,32). The highest BCUT2D eigenvalue weighted by atomic mass is 16.6. The molecule has 0 saturated heterocycles. The van der Waals surface area contributed by atoms with Crippen molar-refractivity contribution in [1.29, 1.82) is 0 Å². The molecule has 0 aromatic heterocycles. The summed E-state index contributed by atoms with van der Waals surface area (Å²) in [6.45, 7) is 2.13.